The Hall–Kier alpha value is -3.01. The molecule has 1 aromatic carbocycles. The first-order valence-corrected chi connectivity index (χ1v) is 5.08. The van der Waals surface area contributed by atoms with Gasteiger partial charge < -0.3 is 10.8 Å². The molecule has 19 heavy (non-hydrogen) atoms. The smallest absolute Gasteiger partial charge is 0.358 e. The number of benzene rings is 1. The molecule has 0 spiro atoms. The summed E-state index contributed by atoms with van der Waals surface area (Å²) in [6.45, 7) is 0. The molecule has 7 heteroatoms. The van der Waals surface area contributed by atoms with Crippen LogP contribution in [0.1, 0.15) is 16.1 Å². The number of hydrogen-bond donors (Lipinski definition) is 2. The Balaban J connectivity index is 2.66. The summed E-state index contributed by atoms with van der Waals surface area (Å²) in [7, 11) is 0. The number of anilines is 1. The fourth-order valence-corrected chi connectivity index (χ4v) is 1.51. The predicted molar refractivity (Wildman–Crippen MR) is 63.5 cm³/mol. The molecule has 0 unspecified atom stereocenters. The molecule has 2 aromatic rings. The summed E-state index contributed by atoms with van der Waals surface area (Å²) in [5.41, 5.74) is 5.34. The van der Waals surface area contributed by atoms with Gasteiger partial charge in [0.1, 0.15) is 5.82 Å². The molecule has 0 amide bonds. The van der Waals surface area contributed by atoms with E-state index in [0.29, 0.717) is 0 Å². The van der Waals surface area contributed by atoms with Crippen LogP contribution in [-0.4, -0.2) is 21.0 Å². The number of carboxylic acid groups (broad SMARTS) is 1. The lowest BCUT2D eigenvalue weighted by Gasteiger charge is -2.05. The van der Waals surface area contributed by atoms with Gasteiger partial charge in [-0.2, -0.15) is 5.26 Å². The Morgan fingerprint density at radius 3 is 2.84 bits per heavy atom. The first-order chi connectivity index (χ1) is 9.02. The van der Waals surface area contributed by atoms with E-state index in [2.05, 4.69) is 9.97 Å². The van der Waals surface area contributed by atoms with Gasteiger partial charge >= 0.3 is 5.97 Å². The molecule has 0 saturated carbocycles. The third-order valence-electron chi connectivity index (χ3n) is 2.38. The maximum absolute atomic E-state index is 13.2. The van der Waals surface area contributed by atoms with Crippen LogP contribution in [0, 0.1) is 17.1 Å². The number of carbonyl (C=O) groups is 1. The summed E-state index contributed by atoms with van der Waals surface area (Å²) in [4.78, 5) is 18.4. The molecule has 0 aliphatic carbocycles. The highest BCUT2D eigenvalue weighted by molar-refractivity contribution is 5.91. The molecule has 0 aliphatic heterocycles. The monoisotopic (exact) mass is 258 g/mol. The zero-order chi connectivity index (χ0) is 14.0. The minimum Gasteiger partial charge on any atom is -0.476 e. The van der Waals surface area contributed by atoms with Crippen LogP contribution in [0.25, 0.3) is 11.3 Å². The fourth-order valence-electron chi connectivity index (χ4n) is 1.51. The molecule has 0 saturated heterocycles. The normalized spacial score (nSPS) is 9.89. The lowest BCUT2D eigenvalue weighted by atomic mass is 10.1. The number of rotatable bonds is 2. The van der Waals surface area contributed by atoms with E-state index in [-0.39, 0.29) is 22.6 Å². The van der Waals surface area contributed by atoms with Crippen molar-refractivity contribution in [3.63, 3.8) is 0 Å². The molecule has 3 N–H and O–H groups in total. The maximum Gasteiger partial charge on any atom is 0.358 e. The first-order valence-electron chi connectivity index (χ1n) is 5.08. The molecule has 0 aliphatic rings. The molecule has 1 heterocycles. The summed E-state index contributed by atoms with van der Waals surface area (Å²) >= 11 is 0. The predicted octanol–water partition coefficient (Wildman–Crippen LogP) is 1.43. The second-order valence-corrected chi connectivity index (χ2v) is 3.60. The number of nitrogens with zero attached hydrogens (tertiary/aromatic N) is 3. The summed E-state index contributed by atoms with van der Waals surface area (Å²) in [5, 5.41) is 17.8. The van der Waals surface area contributed by atoms with E-state index in [9.17, 15) is 9.18 Å². The minimum atomic E-state index is -1.35. The summed E-state index contributed by atoms with van der Waals surface area (Å²) in [5.74, 6) is -2.16. The molecule has 6 nitrogen and oxygen atoms in total. The number of nitrogens with two attached hydrogens (primary N) is 1. The van der Waals surface area contributed by atoms with E-state index < -0.39 is 17.5 Å². The second kappa shape index (κ2) is 4.70. The van der Waals surface area contributed by atoms with Crippen LogP contribution in [-0.2, 0) is 0 Å². The van der Waals surface area contributed by atoms with Crippen molar-refractivity contribution in [3.8, 4) is 17.3 Å². The van der Waals surface area contributed by atoms with Gasteiger partial charge in [-0.15, -0.1) is 0 Å². The largest absolute Gasteiger partial charge is 0.476 e. The average molecular weight is 258 g/mol. The van der Waals surface area contributed by atoms with E-state index in [4.69, 9.17) is 16.1 Å². The minimum absolute atomic E-state index is 0.0719. The van der Waals surface area contributed by atoms with Gasteiger partial charge in [0.25, 0.3) is 0 Å². The molecule has 0 bridgehead atoms. The Labute approximate surface area is 107 Å². The van der Waals surface area contributed by atoms with Gasteiger partial charge in [-0.3, -0.25) is 0 Å². The van der Waals surface area contributed by atoms with Crippen LogP contribution in [0.5, 0.6) is 0 Å². The van der Waals surface area contributed by atoms with Crippen molar-refractivity contribution in [2.24, 2.45) is 0 Å². The summed E-state index contributed by atoms with van der Waals surface area (Å²) < 4.78 is 13.2. The van der Waals surface area contributed by atoms with Gasteiger partial charge in [-0.05, 0) is 18.2 Å². The Kier molecular flexibility index (Phi) is 3.08. The summed E-state index contributed by atoms with van der Waals surface area (Å²) in [6.07, 6.45) is 1.19. The SMILES string of the molecule is N#Cc1ccc(F)cc1-c1cnc(N)c(C(=O)O)n1. The maximum atomic E-state index is 13.2. The molecule has 2 rings (SSSR count). The van der Waals surface area contributed by atoms with Crippen LogP contribution >= 0.6 is 0 Å². The van der Waals surface area contributed by atoms with E-state index in [1.54, 1.807) is 0 Å². The van der Waals surface area contributed by atoms with Crippen molar-refractivity contribution < 1.29 is 14.3 Å². The number of hydrogen-bond acceptors (Lipinski definition) is 5. The Morgan fingerprint density at radius 1 is 1.47 bits per heavy atom. The quantitative estimate of drug-likeness (QED) is 0.842. The third-order valence-corrected chi connectivity index (χ3v) is 2.38. The highest BCUT2D eigenvalue weighted by Crippen LogP contribution is 2.23. The topological polar surface area (TPSA) is 113 Å². The van der Waals surface area contributed by atoms with Gasteiger partial charge in [0.05, 0.1) is 23.5 Å². The van der Waals surface area contributed by atoms with Crippen LogP contribution < -0.4 is 5.73 Å². The van der Waals surface area contributed by atoms with Gasteiger partial charge in [0.2, 0.25) is 0 Å². The van der Waals surface area contributed by atoms with Crippen molar-refractivity contribution in [1.29, 1.82) is 5.26 Å². The van der Waals surface area contributed by atoms with Crippen LogP contribution in [0.15, 0.2) is 24.4 Å². The number of nitrogen functional groups attached to an aromatic ring is 1. The fraction of sp³-hybridized carbons (Fsp3) is 0. The zero-order valence-corrected chi connectivity index (χ0v) is 9.46. The van der Waals surface area contributed by atoms with Gasteiger partial charge in [-0.25, -0.2) is 19.2 Å². The second-order valence-electron chi connectivity index (χ2n) is 3.60. The molecular weight excluding hydrogens is 251 g/mol. The van der Waals surface area contributed by atoms with Crippen LogP contribution in [0.4, 0.5) is 10.2 Å². The van der Waals surface area contributed by atoms with Crippen LogP contribution in [0.2, 0.25) is 0 Å². The van der Waals surface area contributed by atoms with Gasteiger partial charge in [0.15, 0.2) is 11.5 Å². The zero-order valence-electron chi connectivity index (χ0n) is 9.46. The number of halogens is 1. The Morgan fingerprint density at radius 2 is 2.21 bits per heavy atom. The molecule has 94 valence electrons. The third kappa shape index (κ3) is 2.32. The van der Waals surface area contributed by atoms with E-state index in [1.165, 1.54) is 12.3 Å². The first kappa shape index (κ1) is 12.4. The average Bonchev–Trinajstić information content (AvgIpc) is 2.39. The van der Waals surface area contributed by atoms with Crippen molar-refractivity contribution in [2.75, 3.05) is 5.73 Å². The molecule has 0 fully saturated rings. The van der Waals surface area contributed by atoms with Crippen molar-refractivity contribution in [1.82, 2.24) is 9.97 Å². The van der Waals surface area contributed by atoms with Gasteiger partial charge in [0, 0.05) is 5.56 Å². The molecule has 0 radical (unpaired) electrons. The number of carboxylic acids is 1. The molecule has 1 aromatic heterocycles. The summed E-state index contributed by atoms with van der Waals surface area (Å²) in [6, 6.07) is 5.37. The highest BCUT2D eigenvalue weighted by atomic mass is 19.1. The van der Waals surface area contributed by atoms with Crippen LogP contribution in [0.3, 0.4) is 0 Å². The van der Waals surface area contributed by atoms with E-state index in [0.717, 1.165) is 12.1 Å². The van der Waals surface area contributed by atoms with Crippen molar-refractivity contribution in [2.45, 2.75) is 0 Å². The standard InChI is InChI=1S/C12H7FN4O2/c13-7-2-1-6(4-14)8(3-7)9-5-16-11(15)10(17-9)12(18)19/h1-3,5H,(H2,15,16)(H,18,19). The van der Waals surface area contributed by atoms with Crippen molar-refractivity contribution >= 4 is 11.8 Å². The lowest BCUT2D eigenvalue weighted by molar-refractivity contribution is 0.0691. The number of aromatic nitrogens is 2. The van der Waals surface area contributed by atoms with E-state index in [1.807, 2.05) is 6.07 Å². The molecular formula is C12H7FN4O2. The van der Waals surface area contributed by atoms with E-state index >= 15 is 0 Å². The van der Waals surface area contributed by atoms with Crippen molar-refractivity contribution in [3.05, 3.63) is 41.5 Å². The molecule has 0 atom stereocenters. The highest BCUT2D eigenvalue weighted by Gasteiger charge is 2.15. The number of nitriles is 1. The Bertz CT molecular complexity index is 709. The lowest BCUT2D eigenvalue weighted by Crippen LogP contribution is -2.08. The number of aromatic carboxylic acids is 1. The van der Waals surface area contributed by atoms with Gasteiger partial charge in [-0.1, -0.05) is 0 Å².